The SMILES string of the molecule is COCCNC1(c2nc(C(C)C)cs2)CC(C(C)C)C1. The molecule has 2 rings (SSSR count). The number of methoxy groups -OCH3 is 1. The van der Waals surface area contributed by atoms with Crippen molar-refractivity contribution in [2.75, 3.05) is 20.3 Å². The second kappa shape index (κ2) is 6.54. The molecule has 0 unspecified atom stereocenters. The van der Waals surface area contributed by atoms with Gasteiger partial charge in [0.05, 0.1) is 17.8 Å². The number of aromatic nitrogens is 1. The summed E-state index contributed by atoms with van der Waals surface area (Å²) in [5.74, 6) is 2.09. The molecule has 0 aliphatic heterocycles. The predicted octanol–water partition coefficient (Wildman–Crippen LogP) is 3.76. The number of nitrogens with one attached hydrogen (secondary N) is 1. The smallest absolute Gasteiger partial charge is 0.113 e. The van der Waals surface area contributed by atoms with Crippen LogP contribution in [0, 0.1) is 11.8 Å². The van der Waals surface area contributed by atoms with E-state index in [1.54, 1.807) is 7.11 Å². The summed E-state index contributed by atoms with van der Waals surface area (Å²) >= 11 is 1.82. The molecule has 1 aliphatic rings. The molecule has 0 spiro atoms. The van der Waals surface area contributed by atoms with Gasteiger partial charge in [0.1, 0.15) is 5.01 Å². The second-order valence-electron chi connectivity index (χ2n) is 6.65. The molecule has 1 N–H and O–H groups in total. The molecule has 1 heterocycles. The van der Waals surface area contributed by atoms with Gasteiger partial charge in [0.15, 0.2) is 0 Å². The summed E-state index contributed by atoms with van der Waals surface area (Å²) in [5.41, 5.74) is 1.33. The first kappa shape index (κ1) is 15.9. The van der Waals surface area contributed by atoms with E-state index in [0.717, 1.165) is 25.0 Å². The van der Waals surface area contributed by atoms with Crippen molar-refractivity contribution in [1.29, 1.82) is 0 Å². The van der Waals surface area contributed by atoms with Crippen molar-refractivity contribution in [2.45, 2.75) is 52.0 Å². The summed E-state index contributed by atoms with van der Waals surface area (Å²) < 4.78 is 5.18. The van der Waals surface area contributed by atoms with Gasteiger partial charge in [0.25, 0.3) is 0 Å². The highest BCUT2D eigenvalue weighted by atomic mass is 32.1. The zero-order valence-electron chi connectivity index (χ0n) is 13.4. The van der Waals surface area contributed by atoms with E-state index in [-0.39, 0.29) is 5.54 Å². The first-order chi connectivity index (χ1) is 9.48. The lowest BCUT2D eigenvalue weighted by molar-refractivity contribution is 0.0592. The van der Waals surface area contributed by atoms with Crippen LogP contribution >= 0.6 is 11.3 Å². The van der Waals surface area contributed by atoms with Crippen LogP contribution in [0.2, 0.25) is 0 Å². The summed E-state index contributed by atoms with van der Waals surface area (Å²) in [6.07, 6.45) is 2.42. The maximum absolute atomic E-state index is 5.18. The molecule has 4 heteroatoms. The molecule has 1 saturated carbocycles. The Labute approximate surface area is 127 Å². The minimum absolute atomic E-state index is 0.102. The number of nitrogens with zero attached hydrogens (tertiary/aromatic N) is 1. The first-order valence-electron chi connectivity index (χ1n) is 7.68. The topological polar surface area (TPSA) is 34.1 Å². The number of hydrogen-bond donors (Lipinski definition) is 1. The van der Waals surface area contributed by atoms with Crippen LogP contribution in [-0.2, 0) is 10.3 Å². The average molecular weight is 296 g/mol. The Morgan fingerprint density at radius 2 is 2.10 bits per heavy atom. The van der Waals surface area contributed by atoms with Gasteiger partial charge in [0.2, 0.25) is 0 Å². The number of rotatable bonds is 7. The Morgan fingerprint density at radius 1 is 1.40 bits per heavy atom. The molecule has 20 heavy (non-hydrogen) atoms. The maximum atomic E-state index is 5.18. The van der Waals surface area contributed by atoms with Crippen molar-refractivity contribution in [2.24, 2.45) is 11.8 Å². The van der Waals surface area contributed by atoms with E-state index in [2.05, 4.69) is 38.4 Å². The quantitative estimate of drug-likeness (QED) is 0.778. The Kier molecular flexibility index (Phi) is 5.21. The van der Waals surface area contributed by atoms with E-state index < -0.39 is 0 Å². The molecule has 1 fully saturated rings. The summed E-state index contributed by atoms with van der Waals surface area (Å²) in [7, 11) is 1.76. The molecule has 0 bridgehead atoms. The number of hydrogen-bond acceptors (Lipinski definition) is 4. The summed E-state index contributed by atoms with van der Waals surface area (Å²) in [6.45, 7) is 10.7. The highest BCUT2D eigenvalue weighted by Gasteiger charge is 2.48. The van der Waals surface area contributed by atoms with Crippen LogP contribution in [0.4, 0.5) is 0 Å². The summed E-state index contributed by atoms with van der Waals surface area (Å²) in [5, 5.41) is 7.21. The summed E-state index contributed by atoms with van der Waals surface area (Å²) in [4.78, 5) is 4.89. The van der Waals surface area contributed by atoms with Gasteiger partial charge >= 0.3 is 0 Å². The van der Waals surface area contributed by atoms with Crippen molar-refractivity contribution in [1.82, 2.24) is 10.3 Å². The summed E-state index contributed by atoms with van der Waals surface area (Å²) in [6, 6.07) is 0. The first-order valence-corrected chi connectivity index (χ1v) is 8.56. The maximum Gasteiger partial charge on any atom is 0.113 e. The van der Waals surface area contributed by atoms with Crippen molar-refractivity contribution >= 4 is 11.3 Å². The highest BCUT2D eigenvalue weighted by Crippen LogP contribution is 2.49. The van der Waals surface area contributed by atoms with Gasteiger partial charge < -0.3 is 10.1 Å². The molecular formula is C16H28N2OS. The molecule has 0 atom stereocenters. The van der Waals surface area contributed by atoms with Crippen molar-refractivity contribution in [3.05, 3.63) is 16.1 Å². The van der Waals surface area contributed by atoms with Crippen LogP contribution in [0.3, 0.4) is 0 Å². The molecule has 1 aromatic heterocycles. The lowest BCUT2D eigenvalue weighted by Gasteiger charge is -2.49. The lowest BCUT2D eigenvalue weighted by atomic mass is 9.64. The van der Waals surface area contributed by atoms with Crippen LogP contribution in [0.5, 0.6) is 0 Å². The van der Waals surface area contributed by atoms with Crippen molar-refractivity contribution < 1.29 is 4.74 Å². The van der Waals surface area contributed by atoms with E-state index in [9.17, 15) is 0 Å². The highest BCUT2D eigenvalue weighted by molar-refractivity contribution is 7.09. The molecule has 3 nitrogen and oxygen atoms in total. The fraction of sp³-hybridized carbons (Fsp3) is 0.812. The van der Waals surface area contributed by atoms with Gasteiger partial charge in [-0.1, -0.05) is 27.7 Å². The Bertz CT molecular complexity index is 422. The Balaban J connectivity index is 2.10. The van der Waals surface area contributed by atoms with Crippen LogP contribution in [0.15, 0.2) is 5.38 Å². The fourth-order valence-electron chi connectivity index (χ4n) is 2.86. The van der Waals surface area contributed by atoms with E-state index in [4.69, 9.17) is 9.72 Å². The fourth-order valence-corrected chi connectivity index (χ4v) is 4.04. The monoisotopic (exact) mass is 296 g/mol. The second-order valence-corrected chi connectivity index (χ2v) is 7.50. The van der Waals surface area contributed by atoms with Crippen LogP contribution in [-0.4, -0.2) is 25.2 Å². The van der Waals surface area contributed by atoms with Gasteiger partial charge in [-0.05, 0) is 30.6 Å². The minimum Gasteiger partial charge on any atom is -0.383 e. The molecular weight excluding hydrogens is 268 g/mol. The zero-order chi connectivity index (χ0) is 14.8. The van der Waals surface area contributed by atoms with Gasteiger partial charge in [-0.2, -0.15) is 0 Å². The molecule has 114 valence electrons. The van der Waals surface area contributed by atoms with Crippen LogP contribution in [0.25, 0.3) is 0 Å². The van der Waals surface area contributed by atoms with Gasteiger partial charge in [-0.15, -0.1) is 11.3 Å². The Morgan fingerprint density at radius 3 is 2.60 bits per heavy atom. The van der Waals surface area contributed by atoms with Crippen LogP contribution < -0.4 is 5.32 Å². The molecule has 1 aliphatic carbocycles. The van der Waals surface area contributed by atoms with Crippen LogP contribution in [0.1, 0.15) is 57.2 Å². The van der Waals surface area contributed by atoms with E-state index in [1.165, 1.54) is 23.5 Å². The van der Waals surface area contributed by atoms with Gasteiger partial charge in [0, 0.05) is 19.0 Å². The normalized spacial score (nSPS) is 26.2. The van der Waals surface area contributed by atoms with Gasteiger partial charge in [-0.25, -0.2) is 4.98 Å². The third-order valence-corrected chi connectivity index (χ3v) is 5.52. The lowest BCUT2D eigenvalue weighted by Crippen LogP contribution is -2.54. The zero-order valence-corrected chi connectivity index (χ0v) is 14.2. The number of thiazole rings is 1. The van der Waals surface area contributed by atoms with E-state index >= 15 is 0 Å². The molecule has 0 saturated heterocycles. The predicted molar refractivity (Wildman–Crippen MR) is 85.3 cm³/mol. The Hall–Kier alpha value is -0.450. The third-order valence-electron chi connectivity index (χ3n) is 4.46. The molecule has 0 radical (unpaired) electrons. The molecule has 0 aromatic carbocycles. The standard InChI is InChI=1S/C16H28N2OS/c1-11(2)13-8-16(9-13,17-6-7-19-5)15-18-14(10-20-15)12(3)4/h10-13,17H,6-9H2,1-5H3. The van der Waals surface area contributed by atoms with Crippen molar-refractivity contribution in [3.8, 4) is 0 Å². The van der Waals surface area contributed by atoms with Gasteiger partial charge in [-0.3, -0.25) is 0 Å². The van der Waals surface area contributed by atoms with Crippen molar-refractivity contribution in [3.63, 3.8) is 0 Å². The van der Waals surface area contributed by atoms with E-state index in [0.29, 0.717) is 5.92 Å². The largest absolute Gasteiger partial charge is 0.383 e. The molecule has 0 amide bonds. The minimum atomic E-state index is 0.102. The third kappa shape index (κ3) is 3.23. The average Bonchev–Trinajstić information content (AvgIpc) is 2.81. The number of ether oxygens (including phenoxy) is 1. The molecule has 1 aromatic rings. The van der Waals surface area contributed by atoms with E-state index in [1.807, 2.05) is 11.3 Å².